The van der Waals surface area contributed by atoms with Gasteiger partial charge in [0.1, 0.15) is 50.3 Å². The quantitative estimate of drug-likeness (QED) is 0.855. The lowest BCUT2D eigenvalue weighted by Gasteiger charge is -2.33. The summed E-state index contributed by atoms with van der Waals surface area (Å²) in [5, 5.41) is 10.9. The summed E-state index contributed by atoms with van der Waals surface area (Å²) in [4.78, 5) is 1.37. The fourth-order valence-corrected chi connectivity index (χ4v) is 2.96. The maximum Gasteiger partial charge on any atom is 0.137 e. The molecule has 0 aromatic heterocycles. The fraction of sp³-hybridized carbons (Fsp3) is 0.625. The van der Waals surface area contributed by atoms with Crippen LogP contribution in [0.15, 0.2) is 18.2 Å². The zero-order valence-corrected chi connectivity index (χ0v) is 13.7. The highest BCUT2D eigenvalue weighted by Crippen LogP contribution is 2.21. The topological polar surface area (TPSA) is 43.1 Å². The van der Waals surface area contributed by atoms with Crippen LogP contribution in [0, 0.1) is 6.92 Å². The number of ether oxygens (including phenoxy) is 2. The predicted molar refractivity (Wildman–Crippen MR) is 83.3 cm³/mol. The van der Waals surface area contributed by atoms with E-state index in [0.717, 1.165) is 29.4 Å². The van der Waals surface area contributed by atoms with Gasteiger partial charge in [-0.3, -0.25) is 0 Å². The lowest BCUT2D eigenvalue weighted by Crippen LogP contribution is -3.16. The van der Waals surface area contributed by atoms with Crippen LogP contribution in [-0.4, -0.2) is 49.7 Å². The number of nitrogens with one attached hydrogen (secondary N) is 1. The summed E-state index contributed by atoms with van der Waals surface area (Å²) in [5.74, 6) is 0.745. The molecule has 0 saturated carbocycles. The van der Waals surface area contributed by atoms with E-state index in [4.69, 9.17) is 21.1 Å². The molecule has 0 radical (unpaired) electrons. The smallest absolute Gasteiger partial charge is 0.137 e. The first kappa shape index (κ1) is 16.6. The third kappa shape index (κ3) is 5.15. The Bertz CT molecular complexity index is 459. The van der Waals surface area contributed by atoms with Crippen molar-refractivity contribution in [1.82, 2.24) is 0 Å². The monoisotopic (exact) mass is 314 g/mol. The average molecular weight is 315 g/mol. The molecule has 3 atom stereocenters. The molecule has 21 heavy (non-hydrogen) atoms. The molecule has 4 nitrogen and oxygen atoms in total. The maximum atomic E-state index is 10.1. The number of hydrogen-bond donors (Lipinski definition) is 2. The van der Waals surface area contributed by atoms with Crippen LogP contribution < -0.4 is 9.64 Å². The standard InChI is InChI=1S/C16H24ClNO3/c1-11-6-15(4-5-16(11)17)20-10-14(19)9-18-7-12(2)21-13(3)8-18/h4-6,12-14,19H,7-10H2,1-3H3/p+1. The molecule has 1 aromatic rings. The maximum absolute atomic E-state index is 10.1. The van der Waals surface area contributed by atoms with Crippen molar-refractivity contribution in [3.8, 4) is 5.75 Å². The van der Waals surface area contributed by atoms with Crippen molar-refractivity contribution in [2.75, 3.05) is 26.2 Å². The van der Waals surface area contributed by atoms with Crippen molar-refractivity contribution in [1.29, 1.82) is 0 Å². The van der Waals surface area contributed by atoms with Crippen molar-refractivity contribution >= 4 is 11.6 Å². The van der Waals surface area contributed by atoms with Crippen LogP contribution in [0.3, 0.4) is 0 Å². The van der Waals surface area contributed by atoms with Gasteiger partial charge < -0.3 is 19.5 Å². The van der Waals surface area contributed by atoms with E-state index < -0.39 is 6.10 Å². The highest BCUT2D eigenvalue weighted by molar-refractivity contribution is 6.31. The van der Waals surface area contributed by atoms with Gasteiger partial charge in [0.05, 0.1) is 0 Å². The summed E-state index contributed by atoms with van der Waals surface area (Å²) in [6.45, 7) is 8.94. The Balaban J connectivity index is 1.79. The summed E-state index contributed by atoms with van der Waals surface area (Å²) < 4.78 is 11.4. The van der Waals surface area contributed by atoms with E-state index in [1.54, 1.807) is 0 Å². The van der Waals surface area contributed by atoms with Crippen molar-refractivity contribution in [3.05, 3.63) is 28.8 Å². The minimum absolute atomic E-state index is 0.246. The van der Waals surface area contributed by atoms with Gasteiger partial charge in [-0.2, -0.15) is 0 Å². The molecule has 0 bridgehead atoms. The SMILES string of the molecule is Cc1cc(OCC(O)C[NH+]2CC(C)OC(C)C2)ccc1Cl. The Kier molecular flexibility index (Phi) is 5.88. The number of rotatable bonds is 5. The molecule has 0 amide bonds. The molecule has 2 rings (SSSR count). The van der Waals surface area contributed by atoms with Gasteiger partial charge in [0, 0.05) is 5.02 Å². The Labute approximate surface area is 131 Å². The minimum Gasteiger partial charge on any atom is -0.491 e. The molecule has 1 aromatic carbocycles. The third-order valence-electron chi connectivity index (χ3n) is 3.71. The van der Waals surface area contributed by atoms with Gasteiger partial charge in [-0.15, -0.1) is 0 Å². The normalized spacial score (nSPS) is 27.4. The van der Waals surface area contributed by atoms with Crippen molar-refractivity contribution in [2.45, 2.75) is 39.1 Å². The number of hydrogen-bond acceptors (Lipinski definition) is 3. The predicted octanol–water partition coefficient (Wildman–Crippen LogP) is 1.08. The number of benzene rings is 1. The van der Waals surface area contributed by atoms with Crippen LogP contribution in [0.1, 0.15) is 19.4 Å². The van der Waals surface area contributed by atoms with Crippen molar-refractivity contribution < 1.29 is 19.5 Å². The van der Waals surface area contributed by atoms with Gasteiger partial charge >= 0.3 is 0 Å². The molecule has 1 aliphatic rings. The Hall–Kier alpha value is -0.810. The van der Waals surface area contributed by atoms with E-state index >= 15 is 0 Å². The highest BCUT2D eigenvalue weighted by Gasteiger charge is 2.27. The van der Waals surface area contributed by atoms with Gasteiger partial charge in [-0.25, -0.2) is 0 Å². The van der Waals surface area contributed by atoms with E-state index in [1.807, 2.05) is 25.1 Å². The van der Waals surface area contributed by atoms with Crippen LogP contribution in [0.4, 0.5) is 0 Å². The number of morpholine rings is 1. The Morgan fingerprint density at radius 1 is 1.38 bits per heavy atom. The molecule has 0 spiro atoms. The largest absolute Gasteiger partial charge is 0.491 e. The molecular weight excluding hydrogens is 290 g/mol. The van der Waals surface area contributed by atoms with Gasteiger partial charge in [0.2, 0.25) is 0 Å². The summed E-state index contributed by atoms with van der Waals surface area (Å²) >= 11 is 5.98. The first-order valence-corrected chi connectivity index (χ1v) is 7.88. The van der Waals surface area contributed by atoms with Crippen LogP contribution in [0.2, 0.25) is 5.02 Å². The average Bonchev–Trinajstić information content (AvgIpc) is 2.39. The molecular formula is C16H25ClNO3+. The van der Waals surface area contributed by atoms with Crippen LogP contribution in [0.25, 0.3) is 0 Å². The second-order valence-electron chi connectivity index (χ2n) is 6.00. The molecule has 2 N–H and O–H groups in total. The highest BCUT2D eigenvalue weighted by atomic mass is 35.5. The fourth-order valence-electron chi connectivity index (χ4n) is 2.85. The van der Waals surface area contributed by atoms with E-state index in [9.17, 15) is 5.11 Å². The zero-order chi connectivity index (χ0) is 15.4. The van der Waals surface area contributed by atoms with Crippen LogP contribution >= 0.6 is 11.6 Å². The minimum atomic E-state index is -0.478. The summed E-state index contributed by atoms with van der Waals surface area (Å²) in [7, 11) is 0. The molecule has 1 heterocycles. The molecule has 0 aliphatic carbocycles. The summed E-state index contributed by atoms with van der Waals surface area (Å²) in [6.07, 6.45) is 0.0139. The van der Waals surface area contributed by atoms with Crippen LogP contribution in [-0.2, 0) is 4.74 Å². The first-order chi connectivity index (χ1) is 9.94. The molecule has 1 aliphatic heterocycles. The third-order valence-corrected chi connectivity index (χ3v) is 4.14. The molecule has 5 heteroatoms. The Morgan fingerprint density at radius 3 is 2.67 bits per heavy atom. The van der Waals surface area contributed by atoms with E-state index in [2.05, 4.69) is 13.8 Å². The lowest BCUT2D eigenvalue weighted by atomic mass is 10.2. The Morgan fingerprint density at radius 2 is 2.05 bits per heavy atom. The van der Waals surface area contributed by atoms with E-state index in [0.29, 0.717) is 13.2 Å². The van der Waals surface area contributed by atoms with Gasteiger partial charge in [0.15, 0.2) is 0 Å². The second-order valence-corrected chi connectivity index (χ2v) is 6.40. The molecule has 1 saturated heterocycles. The number of aryl methyl sites for hydroxylation is 1. The molecule has 3 unspecified atom stereocenters. The van der Waals surface area contributed by atoms with Gasteiger partial charge in [-0.05, 0) is 44.5 Å². The summed E-state index contributed by atoms with van der Waals surface area (Å²) in [5.41, 5.74) is 0.977. The molecule has 118 valence electrons. The van der Waals surface area contributed by atoms with Crippen LogP contribution in [0.5, 0.6) is 5.75 Å². The summed E-state index contributed by atoms with van der Waals surface area (Å²) in [6, 6.07) is 5.53. The second kappa shape index (κ2) is 7.45. The number of quaternary nitrogens is 1. The van der Waals surface area contributed by atoms with Gasteiger partial charge in [0.25, 0.3) is 0 Å². The van der Waals surface area contributed by atoms with Crippen molar-refractivity contribution in [3.63, 3.8) is 0 Å². The number of aliphatic hydroxyl groups excluding tert-OH is 1. The van der Waals surface area contributed by atoms with E-state index in [1.165, 1.54) is 4.90 Å². The van der Waals surface area contributed by atoms with Gasteiger partial charge in [-0.1, -0.05) is 11.6 Å². The first-order valence-electron chi connectivity index (χ1n) is 7.50. The lowest BCUT2D eigenvalue weighted by molar-refractivity contribution is -0.918. The number of halogens is 1. The van der Waals surface area contributed by atoms with Crippen molar-refractivity contribution in [2.24, 2.45) is 0 Å². The number of aliphatic hydroxyl groups is 1. The van der Waals surface area contributed by atoms with E-state index in [-0.39, 0.29) is 12.2 Å². The zero-order valence-electron chi connectivity index (χ0n) is 12.9. The molecule has 1 fully saturated rings.